The van der Waals surface area contributed by atoms with Gasteiger partial charge in [-0.3, -0.25) is 0 Å². The van der Waals surface area contributed by atoms with Crippen LogP contribution in [0, 0.1) is 12.7 Å². The molecule has 0 fully saturated rings. The van der Waals surface area contributed by atoms with E-state index in [-0.39, 0.29) is 5.82 Å². The lowest BCUT2D eigenvalue weighted by Crippen LogP contribution is -2.15. The first-order valence-electron chi connectivity index (χ1n) is 5.98. The van der Waals surface area contributed by atoms with Gasteiger partial charge in [0.2, 0.25) is 0 Å². The number of nitrogens with two attached hydrogens (primary N) is 1. The fourth-order valence-electron chi connectivity index (χ4n) is 2.01. The molecule has 2 nitrogen and oxygen atoms in total. The largest absolute Gasteiger partial charge is 0.496 e. The van der Waals surface area contributed by atoms with Crippen LogP contribution in [0.25, 0.3) is 0 Å². The number of hydrogen-bond donors (Lipinski definition) is 1. The smallest absolute Gasteiger partial charge is 0.128 e. The molecule has 0 aliphatic carbocycles. The average molecular weight is 403 g/mol. The van der Waals surface area contributed by atoms with Crippen molar-refractivity contribution < 1.29 is 9.13 Å². The van der Waals surface area contributed by atoms with Crippen molar-refractivity contribution in [1.29, 1.82) is 0 Å². The Morgan fingerprint density at radius 2 is 1.85 bits per heavy atom. The van der Waals surface area contributed by atoms with Gasteiger partial charge in [0, 0.05) is 20.1 Å². The van der Waals surface area contributed by atoms with Gasteiger partial charge in [-0.05, 0) is 42.8 Å². The molecule has 2 N–H and O–H groups in total. The molecule has 5 heteroatoms. The van der Waals surface area contributed by atoms with Crippen LogP contribution in [0.1, 0.15) is 22.7 Å². The maximum Gasteiger partial charge on any atom is 0.128 e. The first-order chi connectivity index (χ1) is 9.43. The monoisotopic (exact) mass is 401 g/mol. The van der Waals surface area contributed by atoms with Gasteiger partial charge < -0.3 is 10.5 Å². The SMILES string of the molecule is COc1cc(C)c(Br)cc1C(N)c1cc(Br)ccc1F. The molecule has 20 heavy (non-hydrogen) atoms. The zero-order chi connectivity index (χ0) is 14.9. The zero-order valence-electron chi connectivity index (χ0n) is 11.1. The maximum atomic E-state index is 14.0. The van der Waals surface area contributed by atoms with Gasteiger partial charge in [0.25, 0.3) is 0 Å². The first-order valence-corrected chi connectivity index (χ1v) is 7.57. The second kappa shape index (κ2) is 6.24. The summed E-state index contributed by atoms with van der Waals surface area (Å²) in [5.41, 5.74) is 8.42. The van der Waals surface area contributed by atoms with Crippen molar-refractivity contribution in [1.82, 2.24) is 0 Å². The molecule has 1 unspecified atom stereocenters. The Morgan fingerprint density at radius 3 is 2.50 bits per heavy atom. The summed E-state index contributed by atoms with van der Waals surface area (Å²) in [5.74, 6) is 0.317. The van der Waals surface area contributed by atoms with E-state index < -0.39 is 6.04 Å². The summed E-state index contributed by atoms with van der Waals surface area (Å²) in [7, 11) is 1.58. The molecule has 0 spiro atoms. The third-order valence-electron chi connectivity index (χ3n) is 3.14. The van der Waals surface area contributed by atoms with E-state index >= 15 is 0 Å². The fraction of sp³-hybridized carbons (Fsp3) is 0.200. The van der Waals surface area contributed by atoms with Crippen LogP contribution in [0.3, 0.4) is 0 Å². The van der Waals surface area contributed by atoms with Gasteiger partial charge >= 0.3 is 0 Å². The van der Waals surface area contributed by atoms with Crippen molar-refractivity contribution in [3.8, 4) is 5.75 Å². The van der Waals surface area contributed by atoms with Gasteiger partial charge in [-0.15, -0.1) is 0 Å². The molecule has 0 radical (unpaired) electrons. The molecule has 106 valence electrons. The molecule has 0 saturated carbocycles. The lowest BCUT2D eigenvalue weighted by Gasteiger charge is -2.18. The van der Waals surface area contributed by atoms with Crippen LogP contribution in [-0.2, 0) is 0 Å². The minimum Gasteiger partial charge on any atom is -0.496 e. The Labute approximate surface area is 134 Å². The molecule has 0 aromatic heterocycles. The highest BCUT2D eigenvalue weighted by Crippen LogP contribution is 2.34. The van der Waals surface area contributed by atoms with Gasteiger partial charge in [-0.25, -0.2) is 4.39 Å². The fourth-order valence-corrected chi connectivity index (χ4v) is 2.75. The van der Waals surface area contributed by atoms with Crippen LogP contribution in [0.4, 0.5) is 4.39 Å². The summed E-state index contributed by atoms with van der Waals surface area (Å²) in [6, 6.07) is 7.89. The Morgan fingerprint density at radius 1 is 1.15 bits per heavy atom. The van der Waals surface area contributed by atoms with Gasteiger partial charge in [0.15, 0.2) is 0 Å². The van der Waals surface area contributed by atoms with Crippen LogP contribution >= 0.6 is 31.9 Å². The molecule has 0 bridgehead atoms. The molecule has 0 heterocycles. The van der Waals surface area contributed by atoms with Crippen LogP contribution in [0.5, 0.6) is 5.75 Å². The summed E-state index contributed by atoms with van der Waals surface area (Å²) >= 11 is 6.81. The molecule has 0 aliphatic rings. The van der Waals surface area contributed by atoms with Crippen molar-refractivity contribution in [2.24, 2.45) is 5.73 Å². The zero-order valence-corrected chi connectivity index (χ0v) is 14.3. The highest BCUT2D eigenvalue weighted by Gasteiger charge is 2.19. The molecular weight excluding hydrogens is 389 g/mol. The van der Waals surface area contributed by atoms with E-state index in [1.807, 2.05) is 19.1 Å². The van der Waals surface area contributed by atoms with E-state index in [0.717, 1.165) is 20.1 Å². The predicted octanol–water partition coefficient (Wildman–Crippen LogP) is 4.72. The molecular formula is C15H14Br2FNO. The Bertz CT molecular complexity index is 646. The topological polar surface area (TPSA) is 35.2 Å². The lowest BCUT2D eigenvalue weighted by molar-refractivity contribution is 0.407. The van der Waals surface area contributed by atoms with Crippen molar-refractivity contribution in [3.05, 3.63) is 61.8 Å². The van der Waals surface area contributed by atoms with Crippen LogP contribution in [-0.4, -0.2) is 7.11 Å². The average Bonchev–Trinajstić information content (AvgIpc) is 2.43. The summed E-state index contributed by atoms with van der Waals surface area (Å²) in [5, 5.41) is 0. The summed E-state index contributed by atoms with van der Waals surface area (Å²) < 4.78 is 21.0. The third kappa shape index (κ3) is 3.05. The molecule has 2 aromatic rings. The molecule has 0 aliphatic heterocycles. The number of benzene rings is 2. The van der Waals surface area contributed by atoms with Crippen molar-refractivity contribution >= 4 is 31.9 Å². The molecule has 0 saturated heterocycles. The van der Waals surface area contributed by atoms with Crippen molar-refractivity contribution in [2.75, 3.05) is 7.11 Å². The number of hydrogen-bond acceptors (Lipinski definition) is 2. The normalized spacial score (nSPS) is 12.3. The van der Waals surface area contributed by atoms with E-state index in [0.29, 0.717) is 11.3 Å². The highest BCUT2D eigenvalue weighted by atomic mass is 79.9. The van der Waals surface area contributed by atoms with E-state index in [1.54, 1.807) is 19.2 Å². The van der Waals surface area contributed by atoms with Gasteiger partial charge in [0.05, 0.1) is 13.2 Å². The number of halogens is 3. The summed E-state index contributed by atoms with van der Waals surface area (Å²) in [6.45, 7) is 1.96. The second-order valence-electron chi connectivity index (χ2n) is 4.49. The second-order valence-corrected chi connectivity index (χ2v) is 6.26. The standard InChI is InChI=1S/C15H14Br2FNO/c1-8-5-14(20-2)11(7-12(8)17)15(19)10-6-9(16)3-4-13(10)18/h3-7,15H,19H2,1-2H3. The molecule has 2 rings (SSSR count). The van der Waals surface area contributed by atoms with Crippen molar-refractivity contribution in [2.45, 2.75) is 13.0 Å². The summed E-state index contributed by atoms with van der Waals surface area (Å²) in [6.07, 6.45) is 0. The predicted molar refractivity (Wildman–Crippen MR) is 85.6 cm³/mol. The Balaban J connectivity index is 2.55. The van der Waals surface area contributed by atoms with E-state index in [1.165, 1.54) is 6.07 Å². The highest BCUT2D eigenvalue weighted by molar-refractivity contribution is 9.10. The van der Waals surface area contributed by atoms with Gasteiger partial charge in [-0.1, -0.05) is 31.9 Å². The minimum absolute atomic E-state index is 0.334. The number of rotatable bonds is 3. The number of ether oxygens (including phenoxy) is 1. The van der Waals surface area contributed by atoms with Gasteiger partial charge in [-0.2, -0.15) is 0 Å². The third-order valence-corrected chi connectivity index (χ3v) is 4.49. The Kier molecular flexibility index (Phi) is 4.83. The van der Waals surface area contributed by atoms with E-state index in [9.17, 15) is 4.39 Å². The molecule has 2 aromatic carbocycles. The lowest BCUT2D eigenvalue weighted by atomic mass is 9.97. The van der Waals surface area contributed by atoms with E-state index in [2.05, 4.69) is 31.9 Å². The Hall–Kier alpha value is -0.910. The maximum absolute atomic E-state index is 14.0. The molecule has 0 amide bonds. The van der Waals surface area contributed by atoms with E-state index in [4.69, 9.17) is 10.5 Å². The summed E-state index contributed by atoms with van der Waals surface area (Å²) in [4.78, 5) is 0. The minimum atomic E-state index is -0.598. The van der Waals surface area contributed by atoms with Crippen molar-refractivity contribution in [3.63, 3.8) is 0 Å². The van der Waals surface area contributed by atoms with Crippen LogP contribution < -0.4 is 10.5 Å². The van der Waals surface area contributed by atoms with Crippen LogP contribution in [0.15, 0.2) is 39.3 Å². The molecule has 1 atom stereocenters. The first kappa shape index (κ1) is 15.5. The number of methoxy groups -OCH3 is 1. The van der Waals surface area contributed by atoms with Gasteiger partial charge in [0.1, 0.15) is 11.6 Å². The number of aryl methyl sites for hydroxylation is 1. The van der Waals surface area contributed by atoms with Crippen LogP contribution in [0.2, 0.25) is 0 Å². The quantitative estimate of drug-likeness (QED) is 0.806.